The first-order valence-corrected chi connectivity index (χ1v) is 8.23. The summed E-state index contributed by atoms with van der Waals surface area (Å²) in [5, 5.41) is 2.94. The molecule has 0 unspecified atom stereocenters. The van der Waals surface area contributed by atoms with Crippen LogP contribution >= 0.6 is 0 Å². The summed E-state index contributed by atoms with van der Waals surface area (Å²) >= 11 is 0. The number of hydrogen-bond acceptors (Lipinski definition) is 3. The topological polar surface area (TPSA) is 67.0 Å². The first-order valence-electron chi connectivity index (χ1n) is 8.23. The first kappa shape index (κ1) is 16.8. The third-order valence-corrected chi connectivity index (χ3v) is 3.92. The highest BCUT2D eigenvalue weighted by Crippen LogP contribution is 2.15. The summed E-state index contributed by atoms with van der Waals surface area (Å²) in [6, 6.07) is 17.5. The molecule has 0 aliphatic rings. The van der Waals surface area contributed by atoms with Crippen LogP contribution in [-0.4, -0.2) is 29.5 Å². The van der Waals surface area contributed by atoms with Crippen LogP contribution in [0.2, 0.25) is 0 Å². The lowest BCUT2D eigenvalue weighted by Gasteiger charge is -2.05. The Morgan fingerprint density at radius 3 is 2.60 bits per heavy atom. The second-order valence-corrected chi connectivity index (χ2v) is 5.75. The van der Waals surface area contributed by atoms with Gasteiger partial charge in [-0.1, -0.05) is 42.5 Å². The summed E-state index contributed by atoms with van der Waals surface area (Å²) in [4.78, 5) is 19.7. The molecule has 0 saturated heterocycles. The van der Waals surface area contributed by atoms with Crippen LogP contribution in [0.3, 0.4) is 0 Å². The smallest absolute Gasteiger partial charge is 0.224 e. The van der Waals surface area contributed by atoms with Crippen molar-refractivity contribution in [3.8, 4) is 17.1 Å². The van der Waals surface area contributed by atoms with Crippen molar-refractivity contribution in [2.45, 2.75) is 12.8 Å². The number of hydrogen-bond donors (Lipinski definition) is 2. The van der Waals surface area contributed by atoms with Crippen LogP contribution in [0.5, 0.6) is 5.75 Å². The minimum atomic E-state index is 0.00737. The SMILES string of the molecule is COc1ccc(CC(=O)NCCc2cnc(-c3ccccc3)[nH]2)cc1. The first-order chi connectivity index (χ1) is 12.2. The van der Waals surface area contributed by atoms with E-state index < -0.39 is 0 Å². The molecule has 0 atom stereocenters. The third kappa shape index (κ3) is 4.70. The minimum Gasteiger partial charge on any atom is -0.497 e. The Kier molecular flexibility index (Phi) is 5.46. The Morgan fingerprint density at radius 2 is 1.88 bits per heavy atom. The summed E-state index contributed by atoms with van der Waals surface area (Å²) in [6.07, 6.45) is 2.90. The molecule has 2 N–H and O–H groups in total. The zero-order valence-corrected chi connectivity index (χ0v) is 14.2. The van der Waals surface area contributed by atoms with Gasteiger partial charge in [-0.05, 0) is 17.7 Å². The number of H-pyrrole nitrogens is 1. The van der Waals surface area contributed by atoms with Crippen molar-refractivity contribution in [3.05, 3.63) is 72.1 Å². The summed E-state index contributed by atoms with van der Waals surface area (Å²) in [7, 11) is 1.63. The third-order valence-electron chi connectivity index (χ3n) is 3.92. The molecule has 0 aliphatic heterocycles. The van der Waals surface area contributed by atoms with E-state index in [-0.39, 0.29) is 5.91 Å². The lowest BCUT2D eigenvalue weighted by atomic mass is 10.1. The molecule has 1 aromatic heterocycles. The van der Waals surface area contributed by atoms with Gasteiger partial charge < -0.3 is 15.0 Å². The van der Waals surface area contributed by atoms with Gasteiger partial charge in [0.1, 0.15) is 11.6 Å². The van der Waals surface area contributed by atoms with E-state index in [1.165, 1.54) is 0 Å². The molecule has 128 valence electrons. The molecule has 0 spiro atoms. The molecule has 3 aromatic rings. The fraction of sp³-hybridized carbons (Fsp3) is 0.200. The van der Waals surface area contributed by atoms with E-state index in [1.54, 1.807) is 7.11 Å². The van der Waals surface area contributed by atoms with Crippen LogP contribution in [0.1, 0.15) is 11.3 Å². The van der Waals surface area contributed by atoms with Crippen molar-refractivity contribution in [1.29, 1.82) is 0 Å². The van der Waals surface area contributed by atoms with E-state index in [9.17, 15) is 4.79 Å². The molecular formula is C20H21N3O2. The molecular weight excluding hydrogens is 314 g/mol. The highest BCUT2D eigenvalue weighted by molar-refractivity contribution is 5.78. The van der Waals surface area contributed by atoms with Crippen LogP contribution in [0.4, 0.5) is 0 Å². The van der Waals surface area contributed by atoms with Gasteiger partial charge in [0.25, 0.3) is 0 Å². The fourth-order valence-corrected chi connectivity index (χ4v) is 2.56. The lowest BCUT2D eigenvalue weighted by molar-refractivity contribution is -0.120. The van der Waals surface area contributed by atoms with Gasteiger partial charge in [0.15, 0.2) is 0 Å². The van der Waals surface area contributed by atoms with Crippen molar-refractivity contribution >= 4 is 5.91 Å². The number of nitrogens with zero attached hydrogens (tertiary/aromatic N) is 1. The maximum atomic E-state index is 12.0. The highest BCUT2D eigenvalue weighted by Gasteiger charge is 2.06. The van der Waals surface area contributed by atoms with Gasteiger partial charge in [0.05, 0.1) is 13.5 Å². The van der Waals surface area contributed by atoms with Gasteiger partial charge in [0.2, 0.25) is 5.91 Å². The van der Waals surface area contributed by atoms with Crippen molar-refractivity contribution < 1.29 is 9.53 Å². The summed E-state index contributed by atoms with van der Waals surface area (Å²) in [5.41, 5.74) is 3.02. The zero-order valence-electron chi connectivity index (χ0n) is 14.2. The Morgan fingerprint density at radius 1 is 1.12 bits per heavy atom. The number of benzene rings is 2. The second kappa shape index (κ2) is 8.15. The molecule has 2 aromatic carbocycles. The second-order valence-electron chi connectivity index (χ2n) is 5.75. The Balaban J connectivity index is 1.46. The molecule has 1 heterocycles. The molecule has 25 heavy (non-hydrogen) atoms. The van der Waals surface area contributed by atoms with Gasteiger partial charge in [-0.25, -0.2) is 4.98 Å². The molecule has 3 rings (SSSR count). The van der Waals surface area contributed by atoms with Crippen molar-refractivity contribution in [2.75, 3.05) is 13.7 Å². The normalized spacial score (nSPS) is 10.4. The number of nitrogens with one attached hydrogen (secondary N) is 2. The number of rotatable bonds is 7. The Hall–Kier alpha value is -3.08. The average molecular weight is 335 g/mol. The minimum absolute atomic E-state index is 0.00737. The number of amides is 1. The van der Waals surface area contributed by atoms with Crippen molar-refractivity contribution in [3.63, 3.8) is 0 Å². The van der Waals surface area contributed by atoms with Crippen LogP contribution in [0.25, 0.3) is 11.4 Å². The maximum Gasteiger partial charge on any atom is 0.224 e. The number of aromatic nitrogens is 2. The van der Waals surface area contributed by atoms with Gasteiger partial charge >= 0.3 is 0 Å². The molecule has 1 amide bonds. The van der Waals surface area contributed by atoms with E-state index in [4.69, 9.17) is 4.74 Å². The lowest BCUT2D eigenvalue weighted by Crippen LogP contribution is -2.27. The molecule has 5 nitrogen and oxygen atoms in total. The predicted octanol–water partition coefficient (Wildman–Crippen LogP) is 2.99. The molecule has 0 aliphatic carbocycles. The van der Waals surface area contributed by atoms with E-state index in [0.29, 0.717) is 19.4 Å². The van der Waals surface area contributed by atoms with Crippen LogP contribution in [-0.2, 0) is 17.6 Å². The Labute approximate surface area is 147 Å². The number of carbonyl (C=O) groups is 1. The number of methoxy groups -OCH3 is 1. The highest BCUT2D eigenvalue weighted by atomic mass is 16.5. The molecule has 0 radical (unpaired) electrons. The standard InChI is InChI=1S/C20H21N3O2/c1-25-18-9-7-15(8-10-18)13-19(24)21-12-11-17-14-22-20(23-17)16-5-3-2-4-6-16/h2-10,14H,11-13H2,1H3,(H,21,24)(H,22,23). The van der Waals surface area contributed by atoms with Gasteiger partial charge in [-0.3, -0.25) is 4.79 Å². The summed E-state index contributed by atoms with van der Waals surface area (Å²) in [6.45, 7) is 0.575. The average Bonchev–Trinajstić information content (AvgIpc) is 3.12. The quantitative estimate of drug-likeness (QED) is 0.697. The molecule has 0 bridgehead atoms. The Bertz CT molecular complexity index is 810. The van der Waals surface area contributed by atoms with E-state index >= 15 is 0 Å². The van der Waals surface area contributed by atoms with E-state index in [1.807, 2.05) is 60.8 Å². The van der Waals surface area contributed by atoms with Gasteiger partial charge in [-0.15, -0.1) is 0 Å². The van der Waals surface area contributed by atoms with Gasteiger partial charge in [0, 0.05) is 30.4 Å². The predicted molar refractivity (Wildman–Crippen MR) is 97.4 cm³/mol. The fourth-order valence-electron chi connectivity index (χ4n) is 2.56. The number of imidazole rings is 1. The zero-order chi connectivity index (χ0) is 17.5. The number of carbonyl (C=O) groups excluding carboxylic acids is 1. The monoisotopic (exact) mass is 335 g/mol. The number of ether oxygens (including phenoxy) is 1. The van der Waals surface area contributed by atoms with E-state index in [0.717, 1.165) is 28.4 Å². The van der Waals surface area contributed by atoms with Crippen LogP contribution in [0, 0.1) is 0 Å². The number of aromatic amines is 1. The largest absolute Gasteiger partial charge is 0.497 e. The molecule has 0 saturated carbocycles. The van der Waals surface area contributed by atoms with Crippen LogP contribution < -0.4 is 10.1 Å². The van der Waals surface area contributed by atoms with Crippen LogP contribution in [0.15, 0.2) is 60.8 Å². The summed E-state index contributed by atoms with van der Waals surface area (Å²) < 4.78 is 5.11. The molecule has 5 heteroatoms. The van der Waals surface area contributed by atoms with Crippen molar-refractivity contribution in [2.24, 2.45) is 0 Å². The summed E-state index contributed by atoms with van der Waals surface area (Å²) in [5.74, 6) is 1.64. The molecule has 0 fully saturated rings. The maximum absolute atomic E-state index is 12.0. The van der Waals surface area contributed by atoms with E-state index in [2.05, 4.69) is 15.3 Å². The van der Waals surface area contributed by atoms with Gasteiger partial charge in [-0.2, -0.15) is 0 Å². The van der Waals surface area contributed by atoms with Crippen molar-refractivity contribution in [1.82, 2.24) is 15.3 Å².